The second kappa shape index (κ2) is 7.06. The van der Waals surface area contributed by atoms with Crippen LogP contribution >= 0.6 is 11.8 Å². The van der Waals surface area contributed by atoms with Crippen LogP contribution < -0.4 is 5.32 Å². The maximum atomic E-state index is 12.2. The summed E-state index contributed by atoms with van der Waals surface area (Å²) in [5, 5.41) is 19.4. The Morgan fingerprint density at radius 3 is 2.80 bits per heavy atom. The fourth-order valence-electron chi connectivity index (χ4n) is 2.42. The highest BCUT2D eigenvalue weighted by molar-refractivity contribution is 7.99. The average Bonchev–Trinajstić information content (AvgIpc) is 3.14. The summed E-state index contributed by atoms with van der Waals surface area (Å²) >= 11 is 1.29. The topological polar surface area (TPSA) is 90.5 Å². The standard InChI is InChI=1S/C16H19N7OS/c1-10-6-5-7-13(12(10)3)23-16(18-20-21-23)25-9-15(24)17-14-8-11(2)19-22(14)4/h5-8H,9H2,1-4H3,(H,17,24). The zero-order valence-corrected chi connectivity index (χ0v) is 15.3. The number of hydrogen-bond donors (Lipinski definition) is 1. The lowest BCUT2D eigenvalue weighted by atomic mass is 10.1. The molecule has 0 bridgehead atoms. The summed E-state index contributed by atoms with van der Waals surface area (Å²) in [5.74, 6) is 0.732. The third-order valence-electron chi connectivity index (χ3n) is 3.85. The van der Waals surface area contributed by atoms with Crippen molar-refractivity contribution >= 4 is 23.5 Å². The van der Waals surface area contributed by atoms with Crippen molar-refractivity contribution < 1.29 is 4.79 Å². The number of carbonyl (C=O) groups excluding carboxylic acids is 1. The molecule has 3 rings (SSSR count). The van der Waals surface area contributed by atoms with Crippen LogP contribution in [0.15, 0.2) is 29.4 Å². The van der Waals surface area contributed by atoms with Gasteiger partial charge in [0.25, 0.3) is 0 Å². The van der Waals surface area contributed by atoms with Crippen molar-refractivity contribution in [1.29, 1.82) is 0 Å². The number of nitrogens with zero attached hydrogens (tertiary/aromatic N) is 6. The Bertz CT molecular complexity index is 915. The highest BCUT2D eigenvalue weighted by Crippen LogP contribution is 2.22. The Morgan fingerprint density at radius 2 is 2.08 bits per heavy atom. The maximum Gasteiger partial charge on any atom is 0.235 e. The molecule has 9 heteroatoms. The van der Waals surface area contributed by atoms with E-state index in [1.165, 1.54) is 11.8 Å². The largest absolute Gasteiger partial charge is 0.310 e. The smallest absolute Gasteiger partial charge is 0.235 e. The molecule has 0 aliphatic heterocycles. The molecule has 2 aromatic heterocycles. The van der Waals surface area contributed by atoms with Gasteiger partial charge in [-0.25, -0.2) is 0 Å². The molecule has 0 fully saturated rings. The van der Waals surface area contributed by atoms with Crippen molar-refractivity contribution in [3.8, 4) is 5.69 Å². The number of rotatable bonds is 5. The molecule has 0 unspecified atom stereocenters. The van der Waals surface area contributed by atoms with E-state index in [0.29, 0.717) is 11.0 Å². The van der Waals surface area contributed by atoms with Crippen LogP contribution in [0, 0.1) is 20.8 Å². The Balaban J connectivity index is 1.70. The first kappa shape index (κ1) is 17.2. The van der Waals surface area contributed by atoms with Gasteiger partial charge in [0.15, 0.2) is 0 Å². The molecule has 3 aromatic rings. The monoisotopic (exact) mass is 357 g/mol. The Morgan fingerprint density at radius 1 is 1.28 bits per heavy atom. The van der Waals surface area contributed by atoms with Crippen LogP contribution in [0.25, 0.3) is 5.69 Å². The second-order valence-electron chi connectivity index (χ2n) is 5.72. The van der Waals surface area contributed by atoms with Gasteiger partial charge in [0.1, 0.15) is 5.82 Å². The van der Waals surface area contributed by atoms with E-state index in [1.54, 1.807) is 16.4 Å². The van der Waals surface area contributed by atoms with Crippen LogP contribution in [-0.4, -0.2) is 41.6 Å². The van der Waals surface area contributed by atoms with E-state index in [0.717, 1.165) is 22.5 Å². The van der Waals surface area contributed by atoms with E-state index in [1.807, 2.05) is 45.0 Å². The number of anilines is 1. The minimum atomic E-state index is -0.136. The molecule has 25 heavy (non-hydrogen) atoms. The molecule has 1 amide bonds. The number of aryl methyl sites for hydroxylation is 3. The van der Waals surface area contributed by atoms with Gasteiger partial charge in [-0.15, -0.1) is 5.10 Å². The minimum Gasteiger partial charge on any atom is -0.310 e. The van der Waals surface area contributed by atoms with Crippen molar-refractivity contribution in [3.63, 3.8) is 0 Å². The fourth-order valence-corrected chi connectivity index (χ4v) is 3.11. The Hall–Kier alpha value is -2.68. The lowest BCUT2D eigenvalue weighted by molar-refractivity contribution is -0.113. The SMILES string of the molecule is Cc1cc(NC(=O)CSc2nnnn2-c2cccc(C)c2C)n(C)n1. The van der Waals surface area contributed by atoms with Gasteiger partial charge in [0.05, 0.1) is 17.1 Å². The molecule has 130 valence electrons. The number of tetrazole rings is 1. The third-order valence-corrected chi connectivity index (χ3v) is 4.77. The minimum absolute atomic E-state index is 0.136. The molecule has 2 heterocycles. The zero-order chi connectivity index (χ0) is 18.0. The number of amides is 1. The first-order valence-corrected chi connectivity index (χ1v) is 8.72. The van der Waals surface area contributed by atoms with Gasteiger partial charge in [-0.1, -0.05) is 23.9 Å². The highest BCUT2D eigenvalue weighted by Gasteiger charge is 2.14. The van der Waals surface area contributed by atoms with E-state index in [9.17, 15) is 4.79 Å². The zero-order valence-electron chi connectivity index (χ0n) is 14.5. The second-order valence-corrected chi connectivity index (χ2v) is 6.67. The molecular weight excluding hydrogens is 338 g/mol. The quantitative estimate of drug-likeness (QED) is 0.703. The molecule has 0 aliphatic rings. The molecule has 1 N–H and O–H groups in total. The van der Waals surface area contributed by atoms with Gasteiger partial charge in [0, 0.05) is 13.1 Å². The van der Waals surface area contributed by atoms with Gasteiger partial charge in [-0.2, -0.15) is 9.78 Å². The van der Waals surface area contributed by atoms with Crippen molar-refractivity contribution in [2.24, 2.45) is 7.05 Å². The van der Waals surface area contributed by atoms with E-state index < -0.39 is 0 Å². The van der Waals surface area contributed by atoms with E-state index >= 15 is 0 Å². The van der Waals surface area contributed by atoms with Crippen molar-refractivity contribution in [3.05, 3.63) is 41.1 Å². The summed E-state index contributed by atoms with van der Waals surface area (Å²) in [6.07, 6.45) is 0. The number of benzene rings is 1. The predicted molar refractivity (Wildman–Crippen MR) is 95.9 cm³/mol. The van der Waals surface area contributed by atoms with Gasteiger partial charge < -0.3 is 5.32 Å². The van der Waals surface area contributed by atoms with Crippen LogP contribution in [-0.2, 0) is 11.8 Å². The Labute approximate surface area is 149 Å². The van der Waals surface area contributed by atoms with Crippen molar-refractivity contribution in [1.82, 2.24) is 30.0 Å². The molecular formula is C16H19N7OS. The van der Waals surface area contributed by atoms with Crippen molar-refractivity contribution in [2.45, 2.75) is 25.9 Å². The fraction of sp³-hybridized carbons (Fsp3) is 0.312. The molecule has 0 saturated carbocycles. The first-order chi connectivity index (χ1) is 12.0. The number of carbonyl (C=O) groups is 1. The molecule has 0 saturated heterocycles. The van der Waals surface area contributed by atoms with Crippen LogP contribution in [0.2, 0.25) is 0 Å². The molecule has 0 atom stereocenters. The summed E-state index contributed by atoms with van der Waals surface area (Å²) in [7, 11) is 1.79. The summed E-state index contributed by atoms with van der Waals surface area (Å²) < 4.78 is 3.30. The number of aromatic nitrogens is 6. The van der Waals surface area contributed by atoms with Crippen molar-refractivity contribution in [2.75, 3.05) is 11.1 Å². The molecule has 0 radical (unpaired) electrons. The summed E-state index contributed by atoms with van der Waals surface area (Å²) in [6, 6.07) is 7.79. The van der Waals surface area contributed by atoms with Gasteiger partial charge in [-0.3, -0.25) is 9.48 Å². The summed E-state index contributed by atoms with van der Waals surface area (Å²) in [4.78, 5) is 12.2. The maximum absolute atomic E-state index is 12.2. The lowest BCUT2D eigenvalue weighted by Gasteiger charge is -2.09. The third kappa shape index (κ3) is 3.71. The van der Waals surface area contributed by atoms with Gasteiger partial charge >= 0.3 is 0 Å². The number of nitrogens with one attached hydrogen (secondary N) is 1. The van der Waals surface area contributed by atoms with E-state index in [2.05, 4.69) is 25.9 Å². The molecule has 0 aliphatic carbocycles. The number of thioether (sulfide) groups is 1. The Kier molecular flexibility index (Phi) is 4.84. The summed E-state index contributed by atoms with van der Waals surface area (Å²) in [6.45, 7) is 5.94. The van der Waals surface area contributed by atoms with E-state index in [4.69, 9.17) is 0 Å². The average molecular weight is 357 g/mol. The van der Waals surface area contributed by atoms with Crippen LogP contribution in [0.1, 0.15) is 16.8 Å². The van der Waals surface area contributed by atoms with E-state index in [-0.39, 0.29) is 11.7 Å². The predicted octanol–water partition coefficient (Wildman–Crippen LogP) is 2.05. The molecule has 1 aromatic carbocycles. The normalized spacial score (nSPS) is 10.9. The molecule has 0 spiro atoms. The molecule has 8 nitrogen and oxygen atoms in total. The van der Waals surface area contributed by atoms with Crippen LogP contribution in [0.5, 0.6) is 0 Å². The lowest BCUT2D eigenvalue weighted by Crippen LogP contribution is -2.17. The van der Waals surface area contributed by atoms with Gasteiger partial charge in [-0.05, 0) is 48.4 Å². The summed E-state index contributed by atoms with van der Waals surface area (Å²) in [5.41, 5.74) is 4.03. The van der Waals surface area contributed by atoms with Gasteiger partial charge in [0.2, 0.25) is 11.1 Å². The van der Waals surface area contributed by atoms with Crippen LogP contribution in [0.4, 0.5) is 5.82 Å². The first-order valence-electron chi connectivity index (χ1n) is 7.74. The number of hydrogen-bond acceptors (Lipinski definition) is 6. The highest BCUT2D eigenvalue weighted by atomic mass is 32.2. The van der Waals surface area contributed by atoms with Crippen LogP contribution in [0.3, 0.4) is 0 Å².